The second-order valence-corrected chi connectivity index (χ2v) is 5.92. The van der Waals surface area contributed by atoms with Crippen LogP contribution in [-0.4, -0.2) is 30.3 Å². The van der Waals surface area contributed by atoms with Crippen LogP contribution in [0.25, 0.3) is 0 Å². The van der Waals surface area contributed by atoms with Crippen LogP contribution in [0, 0.1) is 11.7 Å². The van der Waals surface area contributed by atoms with Crippen molar-refractivity contribution >= 4 is 5.91 Å². The van der Waals surface area contributed by atoms with Crippen molar-refractivity contribution in [2.45, 2.75) is 38.1 Å². The lowest BCUT2D eigenvalue weighted by atomic mass is 9.77. The van der Waals surface area contributed by atoms with Crippen molar-refractivity contribution in [3.8, 4) is 5.75 Å². The molecule has 1 aliphatic rings. The number of hydrogen-bond donors (Lipinski definition) is 2. The van der Waals surface area contributed by atoms with E-state index in [4.69, 9.17) is 4.74 Å². The number of hydrogen-bond acceptors (Lipinski definition) is 3. The van der Waals surface area contributed by atoms with E-state index in [0.29, 0.717) is 11.5 Å². The van der Waals surface area contributed by atoms with Crippen LogP contribution >= 0.6 is 0 Å². The summed E-state index contributed by atoms with van der Waals surface area (Å²) in [5, 5.41) is 12.6. The first-order valence-electron chi connectivity index (χ1n) is 7.26. The van der Waals surface area contributed by atoms with Crippen LogP contribution in [0.2, 0.25) is 0 Å². The molecule has 21 heavy (non-hydrogen) atoms. The molecule has 0 heterocycles. The second-order valence-electron chi connectivity index (χ2n) is 5.92. The molecule has 4 nitrogen and oxygen atoms in total. The van der Waals surface area contributed by atoms with Gasteiger partial charge in [-0.25, -0.2) is 4.39 Å². The van der Waals surface area contributed by atoms with Crippen molar-refractivity contribution in [3.63, 3.8) is 0 Å². The molecule has 1 aromatic rings. The van der Waals surface area contributed by atoms with E-state index in [-0.39, 0.29) is 18.3 Å². The molecule has 1 fully saturated rings. The summed E-state index contributed by atoms with van der Waals surface area (Å²) in [7, 11) is 1.36. The fourth-order valence-electron chi connectivity index (χ4n) is 2.75. The van der Waals surface area contributed by atoms with Gasteiger partial charge >= 0.3 is 0 Å². The Hall–Kier alpha value is -1.62. The topological polar surface area (TPSA) is 58.6 Å². The summed E-state index contributed by atoms with van der Waals surface area (Å²) in [6, 6.07) is 4.01. The molecule has 1 amide bonds. The van der Waals surface area contributed by atoms with E-state index < -0.39 is 11.4 Å². The van der Waals surface area contributed by atoms with E-state index >= 15 is 0 Å². The second kappa shape index (κ2) is 6.43. The third-order valence-electron chi connectivity index (χ3n) is 4.33. The van der Waals surface area contributed by atoms with Gasteiger partial charge in [0, 0.05) is 5.56 Å². The monoisotopic (exact) mass is 295 g/mol. The number of methoxy groups -OCH3 is 1. The van der Waals surface area contributed by atoms with E-state index in [2.05, 4.69) is 12.2 Å². The number of ether oxygens (including phenoxy) is 1. The molecule has 0 radical (unpaired) electrons. The highest BCUT2D eigenvalue weighted by Crippen LogP contribution is 2.32. The van der Waals surface area contributed by atoms with E-state index in [1.54, 1.807) is 0 Å². The molecule has 1 aliphatic carbocycles. The highest BCUT2D eigenvalue weighted by atomic mass is 19.1. The van der Waals surface area contributed by atoms with Gasteiger partial charge < -0.3 is 15.2 Å². The summed E-state index contributed by atoms with van der Waals surface area (Å²) < 4.78 is 18.3. The summed E-state index contributed by atoms with van der Waals surface area (Å²) in [5.41, 5.74) is -0.231. The van der Waals surface area contributed by atoms with Crippen molar-refractivity contribution < 1.29 is 19.0 Å². The predicted octanol–water partition coefficient (Wildman–Crippen LogP) is 2.51. The lowest BCUT2D eigenvalue weighted by Crippen LogP contribution is -2.53. The number of aliphatic hydroxyl groups is 1. The van der Waals surface area contributed by atoms with E-state index in [1.807, 2.05) is 0 Å². The Morgan fingerprint density at radius 2 is 2.14 bits per heavy atom. The molecule has 1 aromatic carbocycles. The number of nitrogens with one attached hydrogen (secondary N) is 1. The average molecular weight is 295 g/mol. The maximum atomic E-state index is 13.4. The van der Waals surface area contributed by atoms with Crippen LogP contribution in [0.3, 0.4) is 0 Å². The van der Waals surface area contributed by atoms with Gasteiger partial charge in [0.2, 0.25) is 0 Å². The van der Waals surface area contributed by atoms with Gasteiger partial charge in [-0.05, 0) is 49.8 Å². The van der Waals surface area contributed by atoms with Crippen LogP contribution in [0.5, 0.6) is 5.75 Å². The van der Waals surface area contributed by atoms with Gasteiger partial charge in [-0.2, -0.15) is 0 Å². The standard InChI is InChI=1S/C16H22FNO3/c1-11-5-7-16(10-19,8-6-11)18-15(20)12-3-4-13(17)14(9-12)21-2/h3-4,9,11,19H,5-8,10H2,1-2H3,(H,18,20). The zero-order valence-corrected chi connectivity index (χ0v) is 12.5. The first kappa shape index (κ1) is 15.8. The van der Waals surface area contributed by atoms with Crippen molar-refractivity contribution in [1.29, 1.82) is 0 Å². The fraction of sp³-hybridized carbons (Fsp3) is 0.562. The number of carbonyl (C=O) groups is 1. The maximum absolute atomic E-state index is 13.4. The molecule has 0 bridgehead atoms. The minimum atomic E-state index is -0.564. The number of aliphatic hydroxyl groups excluding tert-OH is 1. The molecule has 0 aliphatic heterocycles. The molecule has 0 atom stereocenters. The molecule has 0 spiro atoms. The Labute approximate surface area is 124 Å². The number of halogens is 1. The molecule has 116 valence electrons. The van der Waals surface area contributed by atoms with Crippen LogP contribution in [-0.2, 0) is 0 Å². The summed E-state index contributed by atoms with van der Waals surface area (Å²) in [5.74, 6) is -0.153. The van der Waals surface area contributed by atoms with Gasteiger partial charge in [0.25, 0.3) is 5.91 Å². The molecule has 0 aromatic heterocycles. The highest BCUT2D eigenvalue weighted by molar-refractivity contribution is 5.95. The van der Waals surface area contributed by atoms with Gasteiger partial charge in [-0.1, -0.05) is 6.92 Å². The molecular weight excluding hydrogens is 273 g/mol. The van der Waals surface area contributed by atoms with Gasteiger partial charge in [0.15, 0.2) is 11.6 Å². The summed E-state index contributed by atoms with van der Waals surface area (Å²) in [6.45, 7) is 2.09. The smallest absolute Gasteiger partial charge is 0.251 e. The number of carbonyl (C=O) groups excluding carboxylic acids is 1. The van der Waals surface area contributed by atoms with E-state index in [1.165, 1.54) is 25.3 Å². The summed E-state index contributed by atoms with van der Waals surface area (Å²) in [4.78, 5) is 12.3. The Morgan fingerprint density at radius 3 is 2.71 bits per heavy atom. The van der Waals surface area contributed by atoms with Crippen LogP contribution < -0.4 is 10.1 Å². The van der Waals surface area contributed by atoms with Crippen molar-refractivity contribution in [1.82, 2.24) is 5.32 Å². The largest absolute Gasteiger partial charge is 0.494 e. The Kier molecular flexibility index (Phi) is 4.83. The predicted molar refractivity (Wildman–Crippen MR) is 77.9 cm³/mol. The quantitative estimate of drug-likeness (QED) is 0.897. The third kappa shape index (κ3) is 3.53. The lowest BCUT2D eigenvalue weighted by molar-refractivity contribution is 0.0717. The van der Waals surface area contributed by atoms with Crippen molar-refractivity contribution in [2.75, 3.05) is 13.7 Å². The van der Waals surface area contributed by atoms with E-state index in [0.717, 1.165) is 25.7 Å². The van der Waals surface area contributed by atoms with Crippen LogP contribution in [0.15, 0.2) is 18.2 Å². The van der Waals surface area contributed by atoms with Gasteiger partial charge in [-0.15, -0.1) is 0 Å². The van der Waals surface area contributed by atoms with Gasteiger partial charge in [0.1, 0.15) is 0 Å². The Balaban J connectivity index is 2.13. The SMILES string of the molecule is COc1cc(C(=O)NC2(CO)CCC(C)CC2)ccc1F. The normalized spacial score (nSPS) is 25.4. The fourth-order valence-corrected chi connectivity index (χ4v) is 2.75. The number of benzene rings is 1. The molecule has 1 saturated carbocycles. The average Bonchev–Trinajstić information content (AvgIpc) is 2.50. The summed E-state index contributed by atoms with van der Waals surface area (Å²) >= 11 is 0. The van der Waals surface area contributed by atoms with Gasteiger partial charge in [-0.3, -0.25) is 4.79 Å². The highest BCUT2D eigenvalue weighted by Gasteiger charge is 2.35. The Morgan fingerprint density at radius 1 is 1.48 bits per heavy atom. The van der Waals surface area contributed by atoms with Crippen molar-refractivity contribution in [2.24, 2.45) is 5.92 Å². The van der Waals surface area contributed by atoms with Gasteiger partial charge in [0.05, 0.1) is 19.3 Å². The zero-order valence-electron chi connectivity index (χ0n) is 12.5. The van der Waals surface area contributed by atoms with Crippen LogP contribution in [0.1, 0.15) is 43.0 Å². The summed E-state index contributed by atoms with van der Waals surface area (Å²) in [6.07, 6.45) is 3.48. The molecule has 0 unspecified atom stereocenters. The first-order valence-corrected chi connectivity index (χ1v) is 7.26. The maximum Gasteiger partial charge on any atom is 0.251 e. The molecular formula is C16H22FNO3. The Bertz CT molecular complexity index is 510. The minimum Gasteiger partial charge on any atom is -0.494 e. The minimum absolute atomic E-state index is 0.0398. The molecule has 2 rings (SSSR count). The lowest BCUT2D eigenvalue weighted by Gasteiger charge is -2.38. The van der Waals surface area contributed by atoms with Crippen molar-refractivity contribution in [3.05, 3.63) is 29.6 Å². The number of rotatable bonds is 4. The molecule has 5 heteroatoms. The number of amides is 1. The first-order chi connectivity index (χ1) is 9.99. The molecule has 0 saturated heterocycles. The van der Waals surface area contributed by atoms with E-state index in [9.17, 15) is 14.3 Å². The van der Waals surface area contributed by atoms with Crippen LogP contribution in [0.4, 0.5) is 4.39 Å². The zero-order chi connectivity index (χ0) is 15.5. The third-order valence-corrected chi connectivity index (χ3v) is 4.33. The molecule has 2 N–H and O–H groups in total.